The van der Waals surface area contributed by atoms with Gasteiger partial charge < -0.3 is 19.2 Å². The summed E-state index contributed by atoms with van der Waals surface area (Å²) in [6, 6.07) is 9.44. The fourth-order valence-electron chi connectivity index (χ4n) is 3.04. The number of nitrogens with one attached hydrogen (secondary N) is 1. The molecule has 9 heteroatoms. The van der Waals surface area contributed by atoms with Crippen molar-refractivity contribution in [1.29, 1.82) is 0 Å². The van der Waals surface area contributed by atoms with Gasteiger partial charge in [0.1, 0.15) is 17.8 Å². The van der Waals surface area contributed by atoms with Crippen molar-refractivity contribution in [2.24, 2.45) is 0 Å². The first-order chi connectivity index (χ1) is 15.0. The maximum absolute atomic E-state index is 13.9. The van der Waals surface area contributed by atoms with Crippen LogP contribution in [0.15, 0.2) is 52.5 Å². The Morgan fingerprint density at radius 1 is 1.16 bits per heavy atom. The molecule has 2 heterocycles. The molecule has 0 fully saturated rings. The minimum atomic E-state index is -0.447. The number of carbonyl (C=O) groups is 2. The van der Waals surface area contributed by atoms with Crippen LogP contribution < -0.4 is 14.8 Å². The van der Waals surface area contributed by atoms with Gasteiger partial charge in [-0.15, -0.1) is 11.3 Å². The molecule has 0 bridgehead atoms. The Morgan fingerprint density at radius 2 is 1.97 bits per heavy atom. The van der Waals surface area contributed by atoms with Crippen LogP contribution in [0.25, 0.3) is 21.5 Å². The van der Waals surface area contributed by atoms with E-state index in [-0.39, 0.29) is 23.9 Å². The number of methoxy groups -OCH3 is 2. The topological polar surface area (TPSA) is 90.7 Å². The lowest BCUT2D eigenvalue weighted by atomic mass is 10.1. The van der Waals surface area contributed by atoms with Crippen molar-refractivity contribution >= 4 is 33.1 Å². The van der Waals surface area contributed by atoms with E-state index in [1.54, 1.807) is 29.6 Å². The maximum Gasteiger partial charge on any atom is 0.251 e. The third kappa shape index (κ3) is 3.99. The molecule has 0 saturated heterocycles. The number of Topliss-reactive ketones (excluding diaryl/α,β-unsaturated/α-hetero) is 1. The lowest BCUT2D eigenvalue weighted by Gasteiger charge is -2.09. The number of nitrogens with zero attached hydrogens (tertiary/aromatic N) is 1. The monoisotopic (exact) mass is 440 g/mol. The van der Waals surface area contributed by atoms with Gasteiger partial charge in [-0.25, -0.2) is 9.37 Å². The van der Waals surface area contributed by atoms with E-state index in [4.69, 9.17) is 13.9 Å². The summed E-state index contributed by atoms with van der Waals surface area (Å²) in [7, 11) is 2.97. The SMILES string of the molecule is COc1ccc(C(=O)NCC(=O)c2coc(-c3csc4c(F)cccc34)n2)cc1OC. The van der Waals surface area contributed by atoms with Crippen molar-refractivity contribution in [3.63, 3.8) is 0 Å². The Hall–Kier alpha value is -3.72. The van der Waals surface area contributed by atoms with Gasteiger partial charge in [0.2, 0.25) is 11.7 Å². The summed E-state index contributed by atoms with van der Waals surface area (Å²) >= 11 is 1.23. The smallest absolute Gasteiger partial charge is 0.251 e. The highest BCUT2D eigenvalue weighted by molar-refractivity contribution is 7.17. The molecule has 4 aromatic rings. The number of aromatic nitrogens is 1. The number of halogens is 1. The van der Waals surface area contributed by atoms with Crippen LogP contribution in [0.3, 0.4) is 0 Å². The number of thiophene rings is 1. The van der Waals surface area contributed by atoms with E-state index in [2.05, 4.69) is 10.3 Å². The molecule has 0 radical (unpaired) electrons. The number of ketones is 1. The Balaban J connectivity index is 1.46. The van der Waals surface area contributed by atoms with Crippen molar-refractivity contribution in [2.45, 2.75) is 0 Å². The lowest BCUT2D eigenvalue weighted by Crippen LogP contribution is -2.29. The zero-order valence-electron chi connectivity index (χ0n) is 16.6. The van der Waals surface area contributed by atoms with E-state index in [0.717, 1.165) is 0 Å². The van der Waals surface area contributed by atoms with Crippen LogP contribution in [0.1, 0.15) is 20.8 Å². The number of hydrogen-bond donors (Lipinski definition) is 1. The van der Waals surface area contributed by atoms with Gasteiger partial charge in [-0.05, 0) is 24.3 Å². The van der Waals surface area contributed by atoms with Gasteiger partial charge in [-0.1, -0.05) is 12.1 Å². The average Bonchev–Trinajstić information content (AvgIpc) is 3.44. The Bertz CT molecular complexity index is 1280. The van der Waals surface area contributed by atoms with Gasteiger partial charge in [0.05, 0.1) is 31.0 Å². The second-order valence-corrected chi connectivity index (χ2v) is 7.36. The van der Waals surface area contributed by atoms with Gasteiger partial charge in [-0.3, -0.25) is 9.59 Å². The fraction of sp³-hybridized carbons (Fsp3) is 0.136. The van der Waals surface area contributed by atoms with Crippen molar-refractivity contribution in [3.8, 4) is 23.0 Å². The van der Waals surface area contributed by atoms with Crippen LogP contribution >= 0.6 is 11.3 Å². The Labute approximate surface area is 180 Å². The summed E-state index contributed by atoms with van der Waals surface area (Å²) in [4.78, 5) is 29.1. The second kappa shape index (κ2) is 8.57. The number of hydrogen-bond acceptors (Lipinski definition) is 7. The van der Waals surface area contributed by atoms with Gasteiger partial charge in [0.15, 0.2) is 11.5 Å². The molecule has 0 aliphatic carbocycles. The first-order valence-corrected chi connectivity index (χ1v) is 10.0. The summed E-state index contributed by atoms with van der Waals surface area (Å²) < 4.78 is 30.2. The van der Waals surface area contributed by atoms with E-state index in [9.17, 15) is 14.0 Å². The zero-order chi connectivity index (χ0) is 22.0. The molecule has 0 saturated carbocycles. The molecule has 7 nitrogen and oxygen atoms in total. The molecule has 1 N–H and O–H groups in total. The number of oxazole rings is 1. The average molecular weight is 440 g/mol. The minimum Gasteiger partial charge on any atom is -0.493 e. The molecule has 4 rings (SSSR count). The molecule has 0 atom stereocenters. The summed E-state index contributed by atoms with van der Waals surface area (Å²) in [5.74, 6) is -0.0825. The normalized spacial score (nSPS) is 10.8. The van der Waals surface area contributed by atoms with Crippen LogP contribution in [0.4, 0.5) is 4.39 Å². The van der Waals surface area contributed by atoms with E-state index >= 15 is 0 Å². The molecule has 0 aliphatic rings. The van der Waals surface area contributed by atoms with Crippen LogP contribution in [-0.4, -0.2) is 37.4 Å². The van der Waals surface area contributed by atoms with Crippen LogP contribution in [0.5, 0.6) is 11.5 Å². The van der Waals surface area contributed by atoms with Gasteiger partial charge >= 0.3 is 0 Å². The fourth-order valence-corrected chi connectivity index (χ4v) is 3.99. The number of benzene rings is 2. The largest absolute Gasteiger partial charge is 0.493 e. The number of carbonyl (C=O) groups excluding carboxylic acids is 2. The minimum absolute atomic E-state index is 0.0679. The van der Waals surface area contributed by atoms with E-state index < -0.39 is 11.7 Å². The second-order valence-electron chi connectivity index (χ2n) is 6.48. The predicted octanol–water partition coefficient (Wildman–Crippen LogP) is 4.33. The van der Waals surface area contributed by atoms with Crippen molar-refractivity contribution in [2.75, 3.05) is 20.8 Å². The summed E-state index contributed by atoms with van der Waals surface area (Å²) in [6.07, 6.45) is 1.23. The maximum atomic E-state index is 13.9. The molecule has 31 heavy (non-hydrogen) atoms. The molecule has 0 unspecified atom stereocenters. The predicted molar refractivity (Wildman–Crippen MR) is 113 cm³/mol. The molecular weight excluding hydrogens is 423 g/mol. The highest BCUT2D eigenvalue weighted by atomic mass is 32.1. The van der Waals surface area contributed by atoms with Gasteiger partial charge in [0.25, 0.3) is 5.91 Å². The highest BCUT2D eigenvalue weighted by Crippen LogP contribution is 2.35. The standard InChI is InChI=1S/C22H17FN2O5S/c1-28-18-7-6-12(8-19(18)29-2)21(27)24-9-17(26)16-10-30-22(25-16)14-11-31-20-13(14)4-3-5-15(20)23/h3-8,10-11H,9H2,1-2H3,(H,24,27). The molecule has 2 aromatic carbocycles. The Morgan fingerprint density at radius 3 is 2.74 bits per heavy atom. The number of ether oxygens (including phenoxy) is 2. The molecule has 158 valence electrons. The van der Waals surface area contributed by atoms with Crippen molar-refractivity contribution in [3.05, 3.63) is 65.1 Å². The van der Waals surface area contributed by atoms with Crippen LogP contribution in [-0.2, 0) is 0 Å². The number of amides is 1. The molecule has 0 spiro atoms. The highest BCUT2D eigenvalue weighted by Gasteiger charge is 2.18. The van der Waals surface area contributed by atoms with E-state index in [1.807, 2.05) is 0 Å². The van der Waals surface area contributed by atoms with E-state index in [0.29, 0.717) is 32.7 Å². The number of rotatable bonds is 7. The molecule has 0 aliphatic heterocycles. The molecular formula is C22H17FN2O5S. The van der Waals surface area contributed by atoms with Gasteiger partial charge in [0, 0.05) is 16.3 Å². The van der Waals surface area contributed by atoms with Crippen molar-refractivity contribution < 1.29 is 27.9 Å². The first kappa shape index (κ1) is 20.5. The summed E-state index contributed by atoms with van der Waals surface area (Å²) in [6.45, 7) is -0.266. The Kier molecular flexibility index (Phi) is 5.68. The van der Waals surface area contributed by atoms with Crippen molar-refractivity contribution in [1.82, 2.24) is 10.3 Å². The third-order valence-corrected chi connectivity index (χ3v) is 5.63. The van der Waals surface area contributed by atoms with Crippen LogP contribution in [0, 0.1) is 5.82 Å². The molecule has 1 amide bonds. The quantitative estimate of drug-likeness (QED) is 0.430. The van der Waals surface area contributed by atoms with Gasteiger partial charge in [-0.2, -0.15) is 0 Å². The lowest BCUT2D eigenvalue weighted by molar-refractivity contribution is 0.0902. The van der Waals surface area contributed by atoms with E-state index in [1.165, 1.54) is 44.0 Å². The van der Waals surface area contributed by atoms with Crippen LogP contribution in [0.2, 0.25) is 0 Å². The summed E-state index contributed by atoms with van der Waals surface area (Å²) in [5, 5.41) is 4.94. The zero-order valence-corrected chi connectivity index (χ0v) is 17.4. The third-order valence-electron chi connectivity index (χ3n) is 4.63. The molecule has 2 aromatic heterocycles. The number of fused-ring (bicyclic) bond motifs is 1. The summed E-state index contributed by atoms with van der Waals surface area (Å²) in [5.41, 5.74) is 0.990. The first-order valence-electron chi connectivity index (χ1n) is 9.17.